The van der Waals surface area contributed by atoms with Crippen molar-refractivity contribution in [2.45, 2.75) is 0 Å². The van der Waals surface area contributed by atoms with Gasteiger partial charge in [0.15, 0.2) is 40.7 Å². The molecule has 0 unspecified atom stereocenters. The Morgan fingerprint density at radius 2 is 0.778 bits per heavy atom. The molecule has 0 spiro atoms. The predicted octanol–water partition coefficient (Wildman–Crippen LogP) is 3.40. The Kier molecular flexibility index (Phi) is 2.60. The lowest BCUT2D eigenvalue weighted by Crippen LogP contribution is -2.07. The van der Waals surface area contributed by atoms with Crippen molar-refractivity contribution in [1.29, 1.82) is 0 Å². The summed E-state index contributed by atoms with van der Waals surface area (Å²) in [6.07, 6.45) is 0. The Morgan fingerprint density at radius 3 is 1.22 bits per heavy atom. The average Bonchev–Trinajstić information content (AvgIpc) is 2.35. The third-order valence-corrected chi connectivity index (χ3v) is 2.37. The van der Waals surface area contributed by atoms with Gasteiger partial charge in [0.25, 0.3) is 0 Å². The first-order valence-electron chi connectivity index (χ1n) is 4.36. The van der Waals surface area contributed by atoms with Crippen molar-refractivity contribution in [2.75, 3.05) is 5.73 Å². The van der Waals surface area contributed by atoms with Crippen LogP contribution in [0.2, 0.25) is 0 Å². The zero-order valence-corrected chi connectivity index (χ0v) is 8.22. The predicted molar refractivity (Wildman–Crippen MR) is 48.1 cm³/mol. The third-order valence-electron chi connectivity index (χ3n) is 2.37. The van der Waals surface area contributed by atoms with Crippen LogP contribution in [-0.4, -0.2) is 0 Å². The topological polar surface area (TPSA) is 26.0 Å². The van der Waals surface area contributed by atoms with Crippen LogP contribution < -0.4 is 5.73 Å². The molecule has 0 heterocycles. The molecule has 0 aliphatic carbocycles. The zero-order chi connectivity index (χ0) is 13.8. The molecule has 2 aromatic rings. The number of benzene rings is 2. The zero-order valence-electron chi connectivity index (χ0n) is 8.22. The lowest BCUT2D eigenvalue weighted by Gasteiger charge is -2.09. The number of nitrogen functional groups attached to an aromatic ring is 1. The van der Waals surface area contributed by atoms with Gasteiger partial charge in [0.2, 0.25) is 0 Å². The maximum absolute atomic E-state index is 13.4. The van der Waals surface area contributed by atoms with Crippen LogP contribution in [0.1, 0.15) is 0 Å². The quantitative estimate of drug-likeness (QED) is 0.337. The molecule has 2 aromatic carbocycles. The maximum atomic E-state index is 13.4. The van der Waals surface area contributed by atoms with Crippen LogP contribution in [0.25, 0.3) is 10.8 Å². The van der Waals surface area contributed by atoms with Crippen molar-refractivity contribution >= 4 is 16.5 Å². The molecule has 0 aliphatic rings. The molecule has 0 radical (unpaired) electrons. The lowest BCUT2D eigenvalue weighted by molar-refractivity contribution is 0.412. The molecular weight excluding hydrogens is 267 g/mol. The molecule has 96 valence electrons. The highest BCUT2D eigenvalue weighted by molar-refractivity contribution is 5.88. The first-order chi connectivity index (χ1) is 8.29. The second-order valence-electron chi connectivity index (χ2n) is 3.36. The molecule has 0 saturated carbocycles. The van der Waals surface area contributed by atoms with E-state index in [0.29, 0.717) is 0 Å². The molecule has 18 heavy (non-hydrogen) atoms. The van der Waals surface area contributed by atoms with Crippen LogP contribution >= 0.6 is 0 Å². The van der Waals surface area contributed by atoms with Gasteiger partial charge in [0.1, 0.15) is 5.69 Å². The van der Waals surface area contributed by atoms with Gasteiger partial charge in [0, 0.05) is 0 Å². The minimum Gasteiger partial charge on any atom is -0.394 e. The minimum atomic E-state index is -2.37. The minimum absolute atomic E-state index is 1.45. The summed E-state index contributed by atoms with van der Waals surface area (Å²) < 4.78 is 91.8. The molecule has 8 heteroatoms. The fourth-order valence-electron chi connectivity index (χ4n) is 1.50. The van der Waals surface area contributed by atoms with E-state index in [2.05, 4.69) is 0 Å². The molecule has 1 nitrogen and oxygen atoms in total. The molecule has 0 bridgehead atoms. The fourth-order valence-corrected chi connectivity index (χ4v) is 1.50. The Bertz CT molecular complexity index is 567. The van der Waals surface area contributed by atoms with Crippen LogP contribution in [0.3, 0.4) is 0 Å². The van der Waals surface area contributed by atoms with Gasteiger partial charge in [-0.1, -0.05) is 0 Å². The monoisotopic (exact) mass is 269 g/mol. The van der Waals surface area contributed by atoms with Crippen molar-refractivity contribution in [1.82, 2.24) is 0 Å². The van der Waals surface area contributed by atoms with Crippen molar-refractivity contribution in [3.05, 3.63) is 40.7 Å². The Hall–Kier alpha value is -1.99. The normalized spacial score (nSPS) is 11.3. The van der Waals surface area contributed by atoms with Crippen molar-refractivity contribution < 1.29 is 30.7 Å². The van der Waals surface area contributed by atoms with Gasteiger partial charge in [-0.15, -0.1) is 0 Å². The molecule has 0 saturated heterocycles. The van der Waals surface area contributed by atoms with Gasteiger partial charge in [-0.25, -0.2) is 30.7 Å². The van der Waals surface area contributed by atoms with Gasteiger partial charge in [-0.3, -0.25) is 0 Å². The highest BCUT2D eigenvalue weighted by Gasteiger charge is 2.29. The van der Waals surface area contributed by atoms with E-state index >= 15 is 0 Å². The van der Waals surface area contributed by atoms with Gasteiger partial charge >= 0.3 is 0 Å². The third kappa shape index (κ3) is 1.34. The molecule has 0 aliphatic heterocycles. The number of anilines is 1. The number of rotatable bonds is 0. The smallest absolute Gasteiger partial charge is 0.198 e. The Morgan fingerprint density at radius 1 is 0.444 bits per heavy atom. The Balaban J connectivity index is 3.22. The fraction of sp³-hybridized carbons (Fsp3) is 0. The van der Waals surface area contributed by atoms with E-state index in [1.54, 1.807) is 0 Å². The molecule has 0 aromatic heterocycles. The van der Waals surface area contributed by atoms with Gasteiger partial charge in [-0.05, 0) is 0 Å². The van der Waals surface area contributed by atoms with Crippen molar-refractivity contribution in [2.24, 2.45) is 0 Å². The number of hydrogen-bond donors (Lipinski definition) is 1. The standard InChI is InChI=1S/C10H2F7N/c11-3-1-2(4(12)8(16)7(3)15)6(14)10(18)9(17)5(1)13/h18H2. The average molecular weight is 269 g/mol. The highest BCUT2D eigenvalue weighted by Crippen LogP contribution is 2.35. The number of fused-ring (bicyclic) bond motifs is 1. The highest BCUT2D eigenvalue weighted by atomic mass is 19.2. The van der Waals surface area contributed by atoms with E-state index in [1.807, 2.05) is 0 Å². The van der Waals surface area contributed by atoms with E-state index in [0.717, 1.165) is 0 Å². The van der Waals surface area contributed by atoms with Crippen molar-refractivity contribution in [3.8, 4) is 0 Å². The molecule has 2 rings (SSSR count). The number of hydrogen-bond acceptors (Lipinski definition) is 1. The molecule has 2 N–H and O–H groups in total. The molecular formula is C10H2F7N. The summed E-state index contributed by atoms with van der Waals surface area (Å²) in [6, 6.07) is 0. The van der Waals surface area contributed by atoms with Crippen LogP contribution in [0.15, 0.2) is 0 Å². The SMILES string of the molecule is Nc1c(F)c(F)c2c(F)c(F)c(F)c(F)c2c1F. The second kappa shape index (κ2) is 3.76. The van der Waals surface area contributed by atoms with Crippen LogP contribution in [0, 0.1) is 40.7 Å². The lowest BCUT2D eigenvalue weighted by atomic mass is 10.1. The second-order valence-corrected chi connectivity index (χ2v) is 3.36. The summed E-state index contributed by atoms with van der Waals surface area (Å²) in [5, 5.41) is -3.25. The number of nitrogens with two attached hydrogens (primary N) is 1. The van der Waals surface area contributed by atoms with E-state index < -0.39 is 57.2 Å². The summed E-state index contributed by atoms with van der Waals surface area (Å²) in [5.74, 6) is -15.2. The van der Waals surface area contributed by atoms with Crippen LogP contribution in [0.4, 0.5) is 36.4 Å². The molecule has 0 atom stereocenters. The first-order valence-corrected chi connectivity index (χ1v) is 4.36. The summed E-state index contributed by atoms with van der Waals surface area (Å²) in [4.78, 5) is 0. The largest absolute Gasteiger partial charge is 0.394 e. The van der Waals surface area contributed by atoms with Gasteiger partial charge < -0.3 is 5.73 Å². The summed E-state index contributed by atoms with van der Waals surface area (Å²) >= 11 is 0. The van der Waals surface area contributed by atoms with Crippen LogP contribution in [-0.2, 0) is 0 Å². The maximum Gasteiger partial charge on any atom is 0.198 e. The van der Waals surface area contributed by atoms with E-state index in [1.165, 1.54) is 0 Å². The van der Waals surface area contributed by atoms with Gasteiger partial charge in [0.05, 0.1) is 10.8 Å². The Labute approximate surface area is 94.6 Å². The van der Waals surface area contributed by atoms with E-state index in [4.69, 9.17) is 5.73 Å². The summed E-state index contributed by atoms with van der Waals surface area (Å²) in [5.41, 5.74) is 3.31. The van der Waals surface area contributed by atoms with Gasteiger partial charge in [-0.2, -0.15) is 0 Å². The van der Waals surface area contributed by atoms with Crippen LogP contribution in [0.5, 0.6) is 0 Å². The van der Waals surface area contributed by atoms with E-state index in [9.17, 15) is 30.7 Å². The van der Waals surface area contributed by atoms with Crippen molar-refractivity contribution in [3.63, 3.8) is 0 Å². The number of halogens is 7. The van der Waals surface area contributed by atoms with E-state index in [-0.39, 0.29) is 0 Å². The molecule has 0 amide bonds. The first kappa shape index (κ1) is 12.5. The summed E-state index contributed by atoms with van der Waals surface area (Å²) in [7, 11) is 0. The summed E-state index contributed by atoms with van der Waals surface area (Å²) in [6.45, 7) is 0. The molecule has 0 fully saturated rings.